The highest BCUT2D eigenvalue weighted by atomic mass is 35.5. The Kier molecular flexibility index (Phi) is 10.9. The van der Waals surface area contributed by atoms with Crippen molar-refractivity contribution in [3.05, 3.63) is 47.5 Å². The molecule has 0 spiro atoms. The van der Waals surface area contributed by atoms with Crippen LogP contribution in [0.3, 0.4) is 0 Å². The second-order valence-corrected chi connectivity index (χ2v) is 8.93. The fraction of sp³-hybridized carbons (Fsp3) is 0.640. The van der Waals surface area contributed by atoms with Gasteiger partial charge in [0, 0.05) is 17.7 Å². The van der Waals surface area contributed by atoms with Crippen LogP contribution in [-0.4, -0.2) is 34.8 Å². The number of carbonyl (C=O) groups excluding carboxylic acids is 1. The number of aliphatic hydroxyl groups is 2. The Hall–Kier alpha value is -1.36. The molecule has 1 fully saturated rings. The molecular formula is C25H37ClO4. The highest BCUT2D eigenvalue weighted by Gasteiger charge is 2.41. The van der Waals surface area contributed by atoms with Gasteiger partial charge in [-0.2, -0.15) is 0 Å². The Labute approximate surface area is 186 Å². The quantitative estimate of drug-likeness (QED) is 0.192. The van der Waals surface area contributed by atoms with Gasteiger partial charge in [-0.25, -0.2) is 0 Å². The largest absolute Gasteiger partial charge is 0.469 e. The topological polar surface area (TPSA) is 66.8 Å². The molecule has 2 N–H and O–H groups in total. The average Bonchev–Trinajstić information content (AvgIpc) is 3.03. The Morgan fingerprint density at radius 2 is 2.10 bits per heavy atom. The number of ether oxygens (including phenoxy) is 1. The number of aliphatic hydroxyl groups excluding tert-OH is 2. The SMILES string of the molecule is CCCCCC(O)c1cccc([C@@H]2[C@@H](C/C=C\CCCC(=O)OC)[C@H](Cl)C[C@H]2O)c1. The number of allylic oxidation sites excluding steroid dienone is 2. The van der Waals surface area contributed by atoms with E-state index in [0.717, 1.165) is 56.1 Å². The molecule has 5 atom stereocenters. The van der Waals surface area contributed by atoms with Crippen LogP contribution >= 0.6 is 11.6 Å². The molecule has 5 heteroatoms. The van der Waals surface area contributed by atoms with E-state index in [2.05, 4.69) is 23.8 Å². The predicted octanol–water partition coefficient (Wildman–Crippen LogP) is 5.66. The zero-order valence-electron chi connectivity index (χ0n) is 18.3. The van der Waals surface area contributed by atoms with E-state index in [4.69, 9.17) is 11.6 Å². The molecule has 0 heterocycles. The van der Waals surface area contributed by atoms with Gasteiger partial charge in [0.1, 0.15) is 0 Å². The number of halogens is 1. The van der Waals surface area contributed by atoms with E-state index in [9.17, 15) is 15.0 Å². The number of methoxy groups -OCH3 is 1. The summed E-state index contributed by atoms with van der Waals surface area (Å²) in [6.07, 6.45) is 10.7. The van der Waals surface area contributed by atoms with E-state index >= 15 is 0 Å². The molecule has 1 aromatic carbocycles. The first kappa shape index (κ1) is 24.9. The standard InChI is InChI=1S/C25H37ClO4/c1-3-4-7-14-22(27)18-11-10-12-19(16-18)25-20(21(26)17-23(25)28)13-8-5-6-9-15-24(29)30-2/h5,8,10-12,16,20-23,25,27-28H,3-4,6-7,9,13-15,17H2,1-2H3/b8-5-/t20-,21+,22?,23+,25+/m0/s1. The third-order valence-corrected chi connectivity index (χ3v) is 6.62. The molecule has 1 aliphatic carbocycles. The minimum atomic E-state index is -0.474. The molecule has 0 amide bonds. The van der Waals surface area contributed by atoms with Crippen molar-refractivity contribution in [1.29, 1.82) is 0 Å². The highest BCUT2D eigenvalue weighted by molar-refractivity contribution is 6.21. The molecule has 0 radical (unpaired) electrons. The number of carbonyl (C=O) groups is 1. The number of hydrogen-bond acceptors (Lipinski definition) is 4. The van der Waals surface area contributed by atoms with E-state index in [-0.39, 0.29) is 23.2 Å². The molecule has 1 saturated carbocycles. The van der Waals surface area contributed by atoms with Gasteiger partial charge in [-0.05, 0) is 49.1 Å². The number of unbranched alkanes of at least 4 members (excludes halogenated alkanes) is 3. The molecular weight excluding hydrogens is 400 g/mol. The van der Waals surface area contributed by atoms with Crippen LogP contribution in [0.4, 0.5) is 0 Å². The van der Waals surface area contributed by atoms with Crippen molar-refractivity contribution < 1.29 is 19.7 Å². The van der Waals surface area contributed by atoms with Gasteiger partial charge in [-0.15, -0.1) is 11.6 Å². The summed E-state index contributed by atoms with van der Waals surface area (Å²) in [4.78, 5) is 11.2. The van der Waals surface area contributed by atoms with E-state index < -0.39 is 12.2 Å². The minimum absolute atomic E-state index is 0.0324. The van der Waals surface area contributed by atoms with Crippen LogP contribution in [0.15, 0.2) is 36.4 Å². The van der Waals surface area contributed by atoms with E-state index in [1.807, 2.05) is 24.3 Å². The lowest BCUT2D eigenvalue weighted by Crippen LogP contribution is -2.18. The first-order valence-corrected chi connectivity index (χ1v) is 11.7. The summed E-state index contributed by atoms with van der Waals surface area (Å²) in [6.45, 7) is 2.16. The molecule has 0 aromatic heterocycles. The van der Waals surface area contributed by atoms with Gasteiger partial charge < -0.3 is 14.9 Å². The van der Waals surface area contributed by atoms with Crippen LogP contribution in [0.5, 0.6) is 0 Å². The van der Waals surface area contributed by atoms with Crippen molar-refractivity contribution in [3.8, 4) is 0 Å². The molecule has 30 heavy (non-hydrogen) atoms. The minimum Gasteiger partial charge on any atom is -0.469 e. The van der Waals surface area contributed by atoms with Crippen LogP contribution in [0, 0.1) is 5.92 Å². The summed E-state index contributed by atoms with van der Waals surface area (Å²) in [5, 5.41) is 21.2. The third kappa shape index (κ3) is 7.40. The molecule has 0 aliphatic heterocycles. The zero-order valence-corrected chi connectivity index (χ0v) is 19.1. The molecule has 1 aromatic rings. The summed E-state index contributed by atoms with van der Waals surface area (Å²) in [6, 6.07) is 8.03. The lowest BCUT2D eigenvalue weighted by Gasteiger charge is -2.24. The van der Waals surface area contributed by atoms with Gasteiger partial charge in [0.2, 0.25) is 0 Å². The Morgan fingerprint density at radius 1 is 1.30 bits per heavy atom. The summed E-state index contributed by atoms with van der Waals surface area (Å²) >= 11 is 6.60. The fourth-order valence-corrected chi connectivity index (χ4v) is 4.83. The van der Waals surface area contributed by atoms with E-state index in [1.54, 1.807) is 0 Å². The maximum absolute atomic E-state index is 11.2. The number of hydrogen-bond donors (Lipinski definition) is 2. The van der Waals surface area contributed by atoms with Crippen LogP contribution in [0.2, 0.25) is 0 Å². The van der Waals surface area contributed by atoms with Gasteiger partial charge >= 0.3 is 5.97 Å². The number of esters is 1. The normalized spacial score (nSPS) is 25.0. The van der Waals surface area contributed by atoms with Crippen LogP contribution in [0.1, 0.15) is 87.9 Å². The van der Waals surface area contributed by atoms with E-state index in [0.29, 0.717) is 12.8 Å². The Bertz CT molecular complexity index is 675. The summed E-state index contributed by atoms with van der Waals surface area (Å²) < 4.78 is 4.65. The van der Waals surface area contributed by atoms with Crippen molar-refractivity contribution in [3.63, 3.8) is 0 Å². The van der Waals surface area contributed by atoms with Crippen molar-refractivity contribution in [2.45, 2.75) is 88.2 Å². The van der Waals surface area contributed by atoms with Gasteiger partial charge in [0.05, 0.1) is 19.3 Å². The van der Waals surface area contributed by atoms with Gasteiger partial charge in [-0.1, -0.05) is 62.6 Å². The summed E-state index contributed by atoms with van der Waals surface area (Å²) in [5.41, 5.74) is 1.98. The predicted molar refractivity (Wildman–Crippen MR) is 122 cm³/mol. The van der Waals surface area contributed by atoms with Crippen molar-refractivity contribution in [2.75, 3.05) is 7.11 Å². The molecule has 4 nitrogen and oxygen atoms in total. The van der Waals surface area contributed by atoms with E-state index in [1.165, 1.54) is 7.11 Å². The second-order valence-electron chi connectivity index (χ2n) is 8.37. The van der Waals surface area contributed by atoms with Crippen LogP contribution < -0.4 is 0 Å². The molecule has 168 valence electrons. The highest BCUT2D eigenvalue weighted by Crippen LogP contribution is 2.45. The molecule has 1 unspecified atom stereocenters. The zero-order chi connectivity index (χ0) is 21.9. The maximum Gasteiger partial charge on any atom is 0.305 e. The average molecular weight is 437 g/mol. The van der Waals surface area contributed by atoms with Gasteiger partial charge in [-0.3, -0.25) is 4.79 Å². The first-order chi connectivity index (χ1) is 14.5. The fourth-order valence-electron chi connectivity index (χ4n) is 4.39. The lowest BCUT2D eigenvalue weighted by molar-refractivity contribution is -0.140. The van der Waals surface area contributed by atoms with Crippen molar-refractivity contribution >= 4 is 17.6 Å². The molecule has 0 saturated heterocycles. The number of benzene rings is 1. The second kappa shape index (κ2) is 13.1. The summed E-state index contributed by atoms with van der Waals surface area (Å²) in [5.74, 6) is -0.0685. The molecule has 1 aliphatic rings. The van der Waals surface area contributed by atoms with Crippen molar-refractivity contribution in [1.82, 2.24) is 0 Å². The smallest absolute Gasteiger partial charge is 0.305 e. The molecule has 0 bridgehead atoms. The lowest BCUT2D eigenvalue weighted by atomic mass is 9.84. The Balaban J connectivity index is 2.00. The van der Waals surface area contributed by atoms with Crippen molar-refractivity contribution in [2.24, 2.45) is 5.92 Å². The maximum atomic E-state index is 11.2. The first-order valence-electron chi connectivity index (χ1n) is 11.3. The van der Waals surface area contributed by atoms with Crippen LogP contribution in [-0.2, 0) is 9.53 Å². The Morgan fingerprint density at radius 3 is 2.83 bits per heavy atom. The monoisotopic (exact) mass is 436 g/mol. The number of alkyl halides is 1. The van der Waals surface area contributed by atoms with Gasteiger partial charge in [0.25, 0.3) is 0 Å². The summed E-state index contributed by atoms with van der Waals surface area (Å²) in [7, 11) is 1.41. The van der Waals surface area contributed by atoms with Gasteiger partial charge in [0.15, 0.2) is 0 Å². The van der Waals surface area contributed by atoms with Crippen LogP contribution in [0.25, 0.3) is 0 Å². The molecule has 2 rings (SSSR count). The number of rotatable bonds is 12. The third-order valence-electron chi connectivity index (χ3n) is 6.12.